The molecule has 130 valence electrons. The second-order valence-corrected chi connectivity index (χ2v) is 5.78. The first-order valence-corrected chi connectivity index (χ1v) is 8.41. The number of rotatable bonds is 7. The minimum absolute atomic E-state index is 0.0240. The number of carbonyl (C=O) groups is 1. The summed E-state index contributed by atoms with van der Waals surface area (Å²) >= 11 is 0. The van der Waals surface area contributed by atoms with Gasteiger partial charge in [0.25, 0.3) is 0 Å². The number of fused-ring (bicyclic) bond motifs is 1. The van der Waals surface area contributed by atoms with E-state index in [0.29, 0.717) is 12.2 Å². The van der Waals surface area contributed by atoms with Gasteiger partial charge in [0.1, 0.15) is 12.4 Å². The molecule has 2 N–H and O–H groups in total. The monoisotopic (exact) mass is 338 g/mol. The van der Waals surface area contributed by atoms with Gasteiger partial charge < -0.3 is 19.7 Å². The first-order valence-electron chi connectivity index (χ1n) is 8.41. The van der Waals surface area contributed by atoms with Crippen molar-refractivity contribution in [1.82, 2.24) is 4.57 Å². The number of carbonyl (C=O) groups excluding carboxylic acids is 1. The number of benzene rings is 2. The predicted octanol–water partition coefficient (Wildman–Crippen LogP) is 3.21. The Balaban J connectivity index is 1.68. The summed E-state index contributed by atoms with van der Waals surface area (Å²) in [5, 5.41) is 12.8. The van der Waals surface area contributed by atoms with E-state index in [-0.39, 0.29) is 19.1 Å². The van der Waals surface area contributed by atoms with Crippen LogP contribution in [0, 0.1) is 0 Å². The summed E-state index contributed by atoms with van der Waals surface area (Å²) in [6.45, 7) is 3.20. The lowest BCUT2D eigenvalue weighted by Crippen LogP contribution is -2.14. The lowest BCUT2D eigenvalue weighted by atomic mass is 10.1. The highest BCUT2D eigenvalue weighted by molar-refractivity contribution is 5.96. The fourth-order valence-electron chi connectivity index (χ4n) is 2.90. The topological polar surface area (TPSA) is 63.5 Å². The van der Waals surface area contributed by atoms with Gasteiger partial charge in [-0.3, -0.25) is 4.79 Å². The van der Waals surface area contributed by atoms with Crippen LogP contribution in [0.1, 0.15) is 12.5 Å². The molecule has 3 aromatic rings. The third kappa shape index (κ3) is 4.00. The van der Waals surface area contributed by atoms with Gasteiger partial charge in [0.15, 0.2) is 0 Å². The minimum Gasteiger partial charge on any atom is -0.491 e. The third-order valence-electron chi connectivity index (χ3n) is 4.06. The standard InChI is InChI=1S/C20H22N2O3/c1-2-22-14-15(18-5-3-4-6-19(18)22)13-20(24)21-16-7-9-17(10-8-16)25-12-11-23/h3-10,14,23H,2,11-13H2,1H3,(H,21,24). The van der Waals surface area contributed by atoms with Gasteiger partial charge >= 0.3 is 0 Å². The van der Waals surface area contributed by atoms with Gasteiger partial charge in [0.05, 0.1) is 13.0 Å². The average Bonchev–Trinajstić information content (AvgIpc) is 2.99. The van der Waals surface area contributed by atoms with E-state index in [1.807, 2.05) is 12.1 Å². The van der Waals surface area contributed by atoms with Crippen molar-refractivity contribution in [1.29, 1.82) is 0 Å². The molecule has 0 bridgehead atoms. The number of anilines is 1. The van der Waals surface area contributed by atoms with Gasteiger partial charge in [-0.2, -0.15) is 0 Å². The van der Waals surface area contributed by atoms with Crippen molar-refractivity contribution in [2.45, 2.75) is 19.9 Å². The molecule has 1 heterocycles. The quantitative estimate of drug-likeness (QED) is 0.695. The number of aryl methyl sites for hydroxylation is 1. The highest BCUT2D eigenvalue weighted by Gasteiger charge is 2.11. The zero-order valence-corrected chi connectivity index (χ0v) is 14.2. The molecule has 0 radical (unpaired) electrons. The molecular weight excluding hydrogens is 316 g/mol. The predicted molar refractivity (Wildman–Crippen MR) is 99.0 cm³/mol. The summed E-state index contributed by atoms with van der Waals surface area (Å²) in [5.74, 6) is 0.612. The lowest BCUT2D eigenvalue weighted by molar-refractivity contribution is -0.115. The van der Waals surface area contributed by atoms with Crippen LogP contribution in [-0.4, -0.2) is 28.8 Å². The summed E-state index contributed by atoms with van der Waals surface area (Å²) in [4.78, 5) is 12.4. The van der Waals surface area contributed by atoms with E-state index >= 15 is 0 Å². The number of aromatic nitrogens is 1. The Bertz CT molecular complexity index is 853. The molecule has 0 atom stereocenters. The molecule has 0 spiro atoms. The van der Waals surface area contributed by atoms with Crippen molar-refractivity contribution in [3.63, 3.8) is 0 Å². The van der Waals surface area contributed by atoms with E-state index in [0.717, 1.165) is 28.7 Å². The number of nitrogens with zero attached hydrogens (tertiary/aromatic N) is 1. The maximum Gasteiger partial charge on any atom is 0.228 e. The van der Waals surface area contributed by atoms with E-state index in [1.165, 1.54) is 0 Å². The van der Waals surface area contributed by atoms with E-state index in [9.17, 15) is 4.79 Å². The van der Waals surface area contributed by atoms with Crippen LogP contribution >= 0.6 is 0 Å². The molecule has 1 aromatic heterocycles. The number of hydrogen-bond acceptors (Lipinski definition) is 3. The summed E-state index contributed by atoms with van der Waals surface area (Å²) < 4.78 is 7.47. The zero-order valence-electron chi connectivity index (χ0n) is 14.2. The van der Waals surface area contributed by atoms with Crippen molar-refractivity contribution in [2.24, 2.45) is 0 Å². The van der Waals surface area contributed by atoms with Gasteiger partial charge in [-0.25, -0.2) is 0 Å². The lowest BCUT2D eigenvalue weighted by Gasteiger charge is -2.07. The average molecular weight is 338 g/mol. The van der Waals surface area contributed by atoms with Crippen LogP contribution in [0.2, 0.25) is 0 Å². The molecule has 0 aliphatic rings. The number of aliphatic hydroxyl groups is 1. The molecule has 25 heavy (non-hydrogen) atoms. The largest absolute Gasteiger partial charge is 0.491 e. The fraction of sp³-hybridized carbons (Fsp3) is 0.250. The van der Waals surface area contributed by atoms with Crippen molar-refractivity contribution in [2.75, 3.05) is 18.5 Å². The van der Waals surface area contributed by atoms with Crippen LogP contribution < -0.4 is 10.1 Å². The molecule has 5 nitrogen and oxygen atoms in total. The molecule has 0 unspecified atom stereocenters. The van der Waals surface area contributed by atoms with Crippen LogP contribution in [0.4, 0.5) is 5.69 Å². The van der Waals surface area contributed by atoms with Gasteiger partial charge in [-0.1, -0.05) is 18.2 Å². The smallest absolute Gasteiger partial charge is 0.228 e. The molecule has 0 aliphatic carbocycles. The molecule has 0 saturated carbocycles. The number of nitrogens with one attached hydrogen (secondary N) is 1. The third-order valence-corrected chi connectivity index (χ3v) is 4.06. The zero-order chi connectivity index (χ0) is 17.6. The minimum atomic E-state index is -0.0527. The van der Waals surface area contributed by atoms with Crippen molar-refractivity contribution >= 4 is 22.5 Å². The number of hydrogen-bond donors (Lipinski definition) is 2. The first kappa shape index (κ1) is 17.0. The van der Waals surface area contributed by atoms with E-state index in [4.69, 9.17) is 9.84 Å². The van der Waals surface area contributed by atoms with Crippen LogP contribution in [0.5, 0.6) is 5.75 Å². The van der Waals surface area contributed by atoms with E-state index < -0.39 is 0 Å². The molecule has 1 amide bonds. The Labute approximate surface area is 146 Å². The Morgan fingerprint density at radius 3 is 2.64 bits per heavy atom. The summed E-state index contributed by atoms with van der Waals surface area (Å²) in [5.41, 5.74) is 2.90. The number of para-hydroxylation sites is 1. The van der Waals surface area contributed by atoms with Gasteiger partial charge in [-0.15, -0.1) is 0 Å². The SMILES string of the molecule is CCn1cc(CC(=O)Nc2ccc(OCCO)cc2)c2ccccc21. The first-order chi connectivity index (χ1) is 12.2. The maximum atomic E-state index is 12.4. The Morgan fingerprint density at radius 1 is 1.16 bits per heavy atom. The summed E-state index contributed by atoms with van der Waals surface area (Å²) in [6.07, 6.45) is 2.38. The van der Waals surface area contributed by atoms with Gasteiger partial charge in [0, 0.05) is 29.3 Å². The van der Waals surface area contributed by atoms with Crippen LogP contribution in [0.25, 0.3) is 10.9 Å². The summed E-state index contributed by atoms with van der Waals surface area (Å²) in [6, 6.07) is 15.3. The second kappa shape index (κ2) is 7.85. The highest BCUT2D eigenvalue weighted by Crippen LogP contribution is 2.22. The molecule has 3 rings (SSSR count). The second-order valence-electron chi connectivity index (χ2n) is 5.78. The van der Waals surface area contributed by atoms with E-state index in [1.54, 1.807) is 24.3 Å². The normalized spacial score (nSPS) is 10.8. The maximum absolute atomic E-state index is 12.4. The number of amides is 1. The Kier molecular flexibility index (Phi) is 5.36. The molecular formula is C20H22N2O3. The van der Waals surface area contributed by atoms with Gasteiger partial charge in [0.2, 0.25) is 5.91 Å². The highest BCUT2D eigenvalue weighted by atomic mass is 16.5. The molecule has 0 aliphatic heterocycles. The van der Waals surface area contributed by atoms with Gasteiger partial charge in [-0.05, 0) is 42.8 Å². The summed E-state index contributed by atoms with van der Waals surface area (Å²) in [7, 11) is 0. The van der Waals surface area contributed by atoms with Crippen LogP contribution in [-0.2, 0) is 17.8 Å². The molecule has 2 aromatic carbocycles. The Hall–Kier alpha value is -2.79. The molecule has 5 heteroatoms. The number of aliphatic hydroxyl groups excluding tert-OH is 1. The van der Waals surface area contributed by atoms with Crippen LogP contribution in [0.3, 0.4) is 0 Å². The van der Waals surface area contributed by atoms with Crippen molar-refractivity contribution in [3.8, 4) is 5.75 Å². The number of ether oxygens (including phenoxy) is 1. The Morgan fingerprint density at radius 2 is 1.92 bits per heavy atom. The fourth-order valence-corrected chi connectivity index (χ4v) is 2.90. The molecule has 0 saturated heterocycles. The molecule has 0 fully saturated rings. The van der Waals surface area contributed by atoms with Crippen LogP contribution in [0.15, 0.2) is 54.7 Å². The van der Waals surface area contributed by atoms with E-state index in [2.05, 4.69) is 35.1 Å². The van der Waals surface area contributed by atoms with Crippen molar-refractivity contribution in [3.05, 3.63) is 60.3 Å². The van der Waals surface area contributed by atoms with Crippen molar-refractivity contribution < 1.29 is 14.6 Å².